The van der Waals surface area contributed by atoms with E-state index in [1.54, 1.807) is 0 Å². The Bertz CT molecular complexity index is 2050. The maximum Gasteiger partial charge on any atom is 0.416 e. The van der Waals surface area contributed by atoms with Crippen LogP contribution in [0.25, 0.3) is 0 Å². The third kappa shape index (κ3) is 8.75. The Hall–Kier alpha value is -5.09. The van der Waals surface area contributed by atoms with E-state index in [1.807, 2.05) is 95.9 Å². The van der Waals surface area contributed by atoms with E-state index >= 15 is 0 Å². The summed E-state index contributed by atoms with van der Waals surface area (Å²) >= 11 is 0. The molecule has 1 saturated heterocycles. The lowest BCUT2D eigenvalue weighted by Crippen LogP contribution is -2.49. The van der Waals surface area contributed by atoms with E-state index in [0.29, 0.717) is 25.9 Å². The van der Waals surface area contributed by atoms with Crippen LogP contribution in [0.5, 0.6) is 0 Å². The van der Waals surface area contributed by atoms with Crippen molar-refractivity contribution < 1.29 is 44.4 Å². The van der Waals surface area contributed by atoms with Gasteiger partial charge in [0.25, 0.3) is 5.69 Å². The normalized spacial score (nSPS) is 15.5. The maximum absolute atomic E-state index is 14.1. The van der Waals surface area contributed by atoms with Crippen molar-refractivity contribution in [1.29, 1.82) is 0 Å². The predicted octanol–water partition coefficient (Wildman–Crippen LogP) is 9.13. The summed E-state index contributed by atoms with van der Waals surface area (Å²) in [5.74, 6) is 0. The molecule has 0 spiro atoms. The number of alkyl halides is 6. The van der Waals surface area contributed by atoms with Gasteiger partial charge < -0.3 is 4.74 Å². The molecule has 0 amide bonds. The Balaban J connectivity index is 1.51. The second kappa shape index (κ2) is 15.9. The first-order valence-electron chi connectivity index (χ1n) is 17.2. The second-order valence-corrected chi connectivity index (χ2v) is 14.8. The average molecular weight is 784 g/mol. The number of hydrogen-bond acceptors (Lipinski definition) is 6. The van der Waals surface area contributed by atoms with Gasteiger partial charge in [0.15, 0.2) is 0 Å². The minimum Gasteiger partial charge on any atom is -0.359 e. The molecule has 0 bridgehead atoms. The van der Waals surface area contributed by atoms with Gasteiger partial charge in [0, 0.05) is 12.1 Å². The lowest BCUT2D eigenvalue weighted by Gasteiger charge is -2.41. The van der Waals surface area contributed by atoms with E-state index in [4.69, 9.17) is 4.74 Å². The molecule has 288 valence electrons. The first-order valence-corrected chi connectivity index (χ1v) is 18.7. The number of benzene rings is 5. The van der Waals surface area contributed by atoms with Crippen molar-refractivity contribution in [1.82, 2.24) is 9.62 Å². The molecule has 0 saturated carbocycles. The van der Waals surface area contributed by atoms with Gasteiger partial charge in [-0.25, -0.2) is 13.1 Å². The maximum atomic E-state index is 14.1. The summed E-state index contributed by atoms with van der Waals surface area (Å²) in [6.07, 6.45) is -9.18. The van der Waals surface area contributed by atoms with Crippen molar-refractivity contribution >= 4 is 15.7 Å². The minimum absolute atomic E-state index is 0.149. The Kier molecular flexibility index (Phi) is 11.5. The Morgan fingerprint density at radius 1 is 0.673 bits per heavy atom. The van der Waals surface area contributed by atoms with Crippen molar-refractivity contribution in [2.45, 2.75) is 47.8 Å². The molecule has 1 heterocycles. The van der Waals surface area contributed by atoms with Crippen LogP contribution in [0.4, 0.5) is 32.0 Å². The zero-order valence-corrected chi connectivity index (χ0v) is 29.8. The molecule has 5 aromatic carbocycles. The largest absolute Gasteiger partial charge is 0.416 e. The summed E-state index contributed by atoms with van der Waals surface area (Å²) in [5, 5.41) is 11.6. The van der Waals surface area contributed by atoms with Crippen molar-refractivity contribution in [3.8, 4) is 0 Å². The molecule has 1 aliphatic rings. The van der Waals surface area contributed by atoms with Crippen LogP contribution in [0, 0.1) is 10.1 Å². The SMILES string of the molecule is O=[N+]([O-])c1ccc([C@@H](NS(=O)(=O)c2cc(C(F)(F)F)cc(C(F)(F)F)c2)[C@H](COC(c2ccccc2)(c2ccccc2)c2ccccc2)N2CCCC2)cc1. The smallest absolute Gasteiger partial charge is 0.359 e. The first-order chi connectivity index (χ1) is 26.1. The summed E-state index contributed by atoms with van der Waals surface area (Å²) in [5.41, 5.74) is -2.86. The van der Waals surface area contributed by atoms with Crippen LogP contribution in [0.15, 0.2) is 138 Å². The van der Waals surface area contributed by atoms with Crippen molar-refractivity contribution in [3.63, 3.8) is 0 Å². The molecular weight excluding hydrogens is 749 g/mol. The highest BCUT2D eigenvalue weighted by molar-refractivity contribution is 7.89. The summed E-state index contributed by atoms with van der Waals surface area (Å²) in [6, 6.07) is 30.6. The van der Waals surface area contributed by atoms with E-state index in [9.17, 15) is 44.9 Å². The highest BCUT2D eigenvalue weighted by Crippen LogP contribution is 2.42. The molecule has 1 N–H and O–H groups in total. The van der Waals surface area contributed by atoms with Crippen molar-refractivity contribution in [2.24, 2.45) is 0 Å². The van der Waals surface area contributed by atoms with Gasteiger partial charge in [0.05, 0.1) is 39.6 Å². The Labute approximate surface area is 313 Å². The standard InChI is InChI=1S/C40H35F6N3O5S/c41-39(42,43)32-24-33(40(44,45)46)26-35(25-32)55(52,53)47-37(28-18-20-34(21-19-28)49(50)51)36(48-22-10-11-23-48)27-54-38(29-12-4-1-5-13-29,30-14-6-2-7-15-30)31-16-8-3-9-17-31/h1-9,12-21,24-26,36-37,47H,10-11,22-23,27H2/t36-,37+/m0/s1. The van der Waals surface area contributed by atoms with Gasteiger partial charge in [-0.15, -0.1) is 0 Å². The van der Waals surface area contributed by atoms with E-state index in [1.165, 1.54) is 12.1 Å². The summed E-state index contributed by atoms with van der Waals surface area (Å²) in [7, 11) is -5.15. The van der Waals surface area contributed by atoms with Crippen molar-refractivity contribution in [3.05, 3.63) is 177 Å². The number of non-ortho nitro benzene ring substituents is 1. The summed E-state index contributed by atoms with van der Waals surface area (Å²) < 4.78 is 121. The number of hydrogen-bond donors (Lipinski definition) is 1. The third-order valence-corrected chi connectivity index (χ3v) is 11.0. The van der Waals surface area contributed by atoms with Gasteiger partial charge in [-0.1, -0.05) is 103 Å². The minimum atomic E-state index is -5.30. The van der Waals surface area contributed by atoms with E-state index in [2.05, 4.69) is 4.72 Å². The van der Waals surface area contributed by atoms with Crippen LogP contribution in [0.1, 0.15) is 52.3 Å². The zero-order chi connectivity index (χ0) is 39.4. The fourth-order valence-corrected chi connectivity index (χ4v) is 8.28. The average Bonchev–Trinajstić information content (AvgIpc) is 3.71. The number of nitro groups is 1. The van der Waals surface area contributed by atoms with Crippen molar-refractivity contribution in [2.75, 3.05) is 19.7 Å². The molecular formula is C40H35F6N3O5S. The predicted molar refractivity (Wildman–Crippen MR) is 192 cm³/mol. The molecule has 15 heteroatoms. The lowest BCUT2D eigenvalue weighted by molar-refractivity contribution is -0.384. The van der Waals surface area contributed by atoms with Gasteiger partial charge in [0.1, 0.15) is 5.60 Å². The van der Waals surface area contributed by atoms with Crippen LogP contribution in [-0.2, 0) is 32.7 Å². The van der Waals surface area contributed by atoms with Gasteiger partial charge in [0.2, 0.25) is 10.0 Å². The Morgan fingerprint density at radius 3 is 1.51 bits per heavy atom. The van der Waals surface area contributed by atoms with Crippen LogP contribution in [0.3, 0.4) is 0 Å². The molecule has 1 aliphatic heterocycles. The number of rotatable bonds is 13. The molecule has 5 aromatic rings. The topological polar surface area (TPSA) is 102 Å². The van der Waals surface area contributed by atoms with Crippen LogP contribution < -0.4 is 4.72 Å². The van der Waals surface area contributed by atoms with Crippen LogP contribution in [-0.4, -0.2) is 44.0 Å². The third-order valence-electron chi connectivity index (χ3n) is 9.62. The fraction of sp³-hybridized carbons (Fsp3) is 0.250. The molecule has 0 aliphatic carbocycles. The number of sulfonamides is 1. The number of likely N-dealkylation sites (tertiary alicyclic amines) is 1. The van der Waals surface area contributed by atoms with Gasteiger partial charge in [-0.3, -0.25) is 15.0 Å². The van der Waals surface area contributed by atoms with Crippen LogP contribution in [0.2, 0.25) is 0 Å². The fourth-order valence-electron chi connectivity index (χ4n) is 6.95. The number of halogens is 6. The molecule has 6 rings (SSSR count). The highest BCUT2D eigenvalue weighted by atomic mass is 32.2. The number of nitrogens with zero attached hydrogens (tertiary/aromatic N) is 2. The highest BCUT2D eigenvalue weighted by Gasteiger charge is 2.43. The van der Waals surface area contributed by atoms with Crippen LogP contribution >= 0.6 is 0 Å². The molecule has 8 nitrogen and oxygen atoms in total. The number of ether oxygens (including phenoxy) is 1. The monoisotopic (exact) mass is 783 g/mol. The molecule has 0 aromatic heterocycles. The summed E-state index contributed by atoms with van der Waals surface area (Å²) in [6.45, 7) is 0.686. The number of nitro benzene ring substituents is 1. The molecule has 0 radical (unpaired) electrons. The number of nitrogens with one attached hydrogen (secondary N) is 1. The molecule has 1 fully saturated rings. The zero-order valence-electron chi connectivity index (χ0n) is 29.0. The summed E-state index contributed by atoms with van der Waals surface area (Å²) in [4.78, 5) is 11.6. The molecule has 55 heavy (non-hydrogen) atoms. The quantitative estimate of drug-likeness (QED) is 0.0554. The van der Waals surface area contributed by atoms with Gasteiger partial charge in [-0.2, -0.15) is 26.3 Å². The molecule has 2 atom stereocenters. The van der Waals surface area contributed by atoms with E-state index in [-0.39, 0.29) is 36.1 Å². The van der Waals surface area contributed by atoms with E-state index in [0.717, 1.165) is 28.8 Å². The molecule has 0 unspecified atom stereocenters. The lowest BCUT2D eigenvalue weighted by atomic mass is 9.80. The first kappa shape index (κ1) is 39.6. The van der Waals surface area contributed by atoms with Gasteiger partial charge in [-0.05, 0) is 66.4 Å². The van der Waals surface area contributed by atoms with Gasteiger partial charge >= 0.3 is 12.4 Å². The second-order valence-electron chi connectivity index (χ2n) is 13.1. The van der Waals surface area contributed by atoms with E-state index < -0.39 is 61.0 Å². The Morgan fingerprint density at radius 2 is 1.11 bits per heavy atom.